The van der Waals surface area contributed by atoms with Gasteiger partial charge in [-0.15, -0.1) is 0 Å². The lowest BCUT2D eigenvalue weighted by Crippen LogP contribution is -2.61. The molecule has 16 N–H and O–H groups in total. The minimum Gasteiger partial charge on any atom is -0.481 e. The predicted molar refractivity (Wildman–Crippen MR) is 262 cm³/mol. The summed E-state index contributed by atoms with van der Waals surface area (Å²) in [7, 11) is 0. The second-order valence-electron chi connectivity index (χ2n) is 18.4. The van der Waals surface area contributed by atoms with E-state index in [1.165, 1.54) is 0 Å². The largest absolute Gasteiger partial charge is 0.481 e. The normalized spacial score (nSPS) is 14.6. The molecule has 0 radical (unpaired) electrons. The molecule has 1 aromatic carbocycles. The number of hydrogen-bond acceptors (Lipinski definition) is 15. The van der Waals surface area contributed by atoms with E-state index in [1.54, 1.807) is 58.0 Å². The summed E-state index contributed by atoms with van der Waals surface area (Å²) in [6, 6.07) is -4.34. The number of aliphatic hydroxyl groups excluding tert-OH is 2. The fourth-order valence-electron chi connectivity index (χ4n) is 7.12. The van der Waals surface area contributed by atoms with Crippen LogP contribution in [0.2, 0.25) is 0 Å². The Hall–Kier alpha value is -7.75. The first-order chi connectivity index (χ1) is 35.0. The standard InChI is InChI=1S/C47H72N10O18/c1-23(2)18-31(40(48)68)54-45(73)33(20-27-10-8-7-9-11-27)55-41(69)28(12-14-36(62)63)51-35(61)22-49-47(75)39(25(5)59)57-43(71)29(13-15-37(64)65)52-42(70)30(16-17-58)53-46(74)34(21-38(66)67)56-44(72)32(19-24(3)4)50-26(6)60/h7-11,23-25,28-34,39,58-59H,12-22H2,1-6H3,(H2,48,68)(H,49,75)(H,50,60)(H,51,61)(H,52,70)(H,53,74)(H,54,73)(H,55,69)(H,56,72)(H,57,71)(H,62,63)(H,64,65)(H,66,67)/t25-,28+,29+,30+,31+,32+,33+,34+,39+/m1/s1. The molecule has 0 saturated carbocycles. The topological polar surface area (TPSA) is 457 Å². The number of benzene rings is 1. The number of rotatable bonds is 35. The highest BCUT2D eigenvalue weighted by atomic mass is 16.4. The Labute approximate surface area is 432 Å². The number of carbonyl (C=O) groups is 13. The van der Waals surface area contributed by atoms with Crippen molar-refractivity contribution in [3.8, 4) is 0 Å². The zero-order valence-corrected chi connectivity index (χ0v) is 42.6. The molecule has 0 aliphatic heterocycles. The van der Waals surface area contributed by atoms with Crippen molar-refractivity contribution in [3.63, 3.8) is 0 Å². The van der Waals surface area contributed by atoms with Gasteiger partial charge in [-0.05, 0) is 56.4 Å². The molecule has 0 heterocycles. The lowest BCUT2D eigenvalue weighted by molar-refractivity contribution is -0.142. The molecule has 28 nitrogen and oxygen atoms in total. The highest BCUT2D eigenvalue weighted by molar-refractivity contribution is 5.99. The number of carboxylic acids is 3. The SMILES string of the molecule is CC(=O)N[C@@H](CC(C)C)C(=O)N[C@@H](CC(=O)O)C(=O)N[C@@H](CCO)C(=O)N[C@@H](CCC(=O)O)C(=O)N[C@H](C(=O)NCC(=O)N[C@@H](CCC(=O)O)C(=O)N[C@@H](Cc1ccccc1)C(=O)N[C@@H](CC(C)C)C(N)=O)[C@@H](C)O. The molecule has 0 aromatic heterocycles. The Morgan fingerprint density at radius 1 is 0.507 bits per heavy atom. The van der Waals surface area contributed by atoms with Crippen LogP contribution in [0.25, 0.3) is 0 Å². The molecule has 1 rings (SSSR count). The molecular weight excluding hydrogens is 993 g/mol. The summed E-state index contributed by atoms with van der Waals surface area (Å²) < 4.78 is 0. The molecule has 0 saturated heterocycles. The van der Waals surface area contributed by atoms with Crippen molar-refractivity contribution < 1.29 is 87.9 Å². The summed E-state index contributed by atoms with van der Waals surface area (Å²) in [5.74, 6) is -14.9. The highest BCUT2D eigenvalue weighted by Crippen LogP contribution is 2.11. The van der Waals surface area contributed by atoms with Crippen molar-refractivity contribution in [2.45, 2.75) is 154 Å². The van der Waals surface area contributed by atoms with Gasteiger partial charge >= 0.3 is 17.9 Å². The smallest absolute Gasteiger partial charge is 0.305 e. The number of aliphatic carboxylic acids is 3. The molecular formula is C47H72N10O18. The van der Waals surface area contributed by atoms with E-state index in [0.29, 0.717) is 5.56 Å². The van der Waals surface area contributed by atoms with E-state index < -0.39 is 183 Å². The van der Waals surface area contributed by atoms with Gasteiger partial charge in [0.25, 0.3) is 0 Å². The van der Waals surface area contributed by atoms with E-state index in [4.69, 9.17) is 5.73 Å². The summed E-state index contributed by atoms with van der Waals surface area (Å²) in [5, 5.41) is 69.2. The van der Waals surface area contributed by atoms with Crippen LogP contribution in [0.3, 0.4) is 0 Å². The molecule has 0 spiro atoms. The van der Waals surface area contributed by atoms with Crippen LogP contribution in [-0.2, 0) is 68.7 Å². The maximum absolute atomic E-state index is 13.7. The Balaban J connectivity index is 3.30. The quantitative estimate of drug-likeness (QED) is 0.0306. The third kappa shape index (κ3) is 26.2. The predicted octanol–water partition coefficient (Wildman–Crippen LogP) is -4.21. The Morgan fingerprint density at radius 3 is 1.40 bits per heavy atom. The maximum Gasteiger partial charge on any atom is 0.305 e. The third-order valence-corrected chi connectivity index (χ3v) is 10.8. The van der Waals surface area contributed by atoms with Crippen LogP contribution >= 0.6 is 0 Å². The van der Waals surface area contributed by atoms with E-state index in [-0.39, 0.29) is 31.1 Å². The van der Waals surface area contributed by atoms with Gasteiger partial charge in [0.05, 0.1) is 19.1 Å². The molecule has 0 fully saturated rings. The Bertz CT molecular complexity index is 2180. The number of aliphatic hydroxyl groups is 2. The minimum atomic E-state index is -1.93. The summed E-state index contributed by atoms with van der Waals surface area (Å²) in [6.07, 6.45) is -5.82. The fraction of sp³-hybridized carbons (Fsp3) is 0.596. The summed E-state index contributed by atoms with van der Waals surface area (Å²) in [5.41, 5.74) is 6.08. The zero-order valence-electron chi connectivity index (χ0n) is 42.6. The highest BCUT2D eigenvalue weighted by Gasteiger charge is 2.35. The van der Waals surface area contributed by atoms with Gasteiger partial charge in [0.15, 0.2) is 0 Å². The number of primary amides is 1. The zero-order chi connectivity index (χ0) is 57.1. The van der Waals surface area contributed by atoms with Crippen LogP contribution in [0.15, 0.2) is 30.3 Å². The van der Waals surface area contributed by atoms with Crippen LogP contribution in [0.5, 0.6) is 0 Å². The lowest BCUT2D eigenvalue weighted by atomic mass is 10.0. The summed E-state index contributed by atoms with van der Waals surface area (Å²) in [6.45, 7) is 7.47. The lowest BCUT2D eigenvalue weighted by Gasteiger charge is -2.27. The molecule has 28 heteroatoms. The van der Waals surface area contributed by atoms with Gasteiger partial charge in [-0.25, -0.2) is 0 Å². The second-order valence-corrected chi connectivity index (χ2v) is 18.4. The molecule has 9 atom stereocenters. The van der Waals surface area contributed by atoms with Crippen LogP contribution < -0.4 is 53.6 Å². The molecule has 0 aliphatic rings. The molecule has 1 aromatic rings. The number of carboxylic acid groups (broad SMARTS) is 3. The molecule has 10 amide bonds. The van der Waals surface area contributed by atoms with Crippen LogP contribution in [0, 0.1) is 11.8 Å². The average Bonchev–Trinajstić information content (AvgIpc) is 3.30. The maximum atomic E-state index is 13.7. The number of nitrogens with one attached hydrogen (secondary N) is 9. The molecule has 75 heavy (non-hydrogen) atoms. The Kier molecular flexibility index (Phi) is 28.8. The van der Waals surface area contributed by atoms with E-state index in [2.05, 4.69) is 47.9 Å². The summed E-state index contributed by atoms with van der Waals surface area (Å²) >= 11 is 0. The van der Waals surface area contributed by atoms with Gasteiger partial charge in [-0.3, -0.25) is 62.3 Å². The van der Waals surface area contributed by atoms with Gasteiger partial charge < -0.3 is 79.1 Å². The van der Waals surface area contributed by atoms with Gasteiger partial charge in [-0.2, -0.15) is 0 Å². The molecule has 418 valence electrons. The molecule has 0 aliphatic carbocycles. The fourth-order valence-corrected chi connectivity index (χ4v) is 7.12. The minimum absolute atomic E-state index is 0.0765. The molecule has 0 unspecified atom stereocenters. The van der Waals surface area contributed by atoms with Crippen molar-refractivity contribution in [2.24, 2.45) is 17.6 Å². The third-order valence-electron chi connectivity index (χ3n) is 10.8. The van der Waals surface area contributed by atoms with E-state index in [1.807, 2.05) is 0 Å². The number of hydrogen-bond donors (Lipinski definition) is 15. The Morgan fingerprint density at radius 2 is 0.933 bits per heavy atom. The molecule has 0 bridgehead atoms. The first kappa shape index (κ1) is 65.3. The average molecular weight is 1070 g/mol. The van der Waals surface area contributed by atoms with E-state index in [9.17, 15) is 87.9 Å². The summed E-state index contributed by atoms with van der Waals surface area (Å²) in [4.78, 5) is 166. The first-order valence-electron chi connectivity index (χ1n) is 24.0. The van der Waals surface area contributed by atoms with Gasteiger partial charge in [0.1, 0.15) is 48.3 Å². The van der Waals surface area contributed by atoms with Gasteiger partial charge in [0.2, 0.25) is 59.1 Å². The van der Waals surface area contributed by atoms with Crippen LogP contribution in [0.4, 0.5) is 0 Å². The van der Waals surface area contributed by atoms with Crippen molar-refractivity contribution in [1.29, 1.82) is 0 Å². The number of amides is 10. The van der Waals surface area contributed by atoms with Crippen molar-refractivity contribution in [1.82, 2.24) is 47.9 Å². The first-order valence-corrected chi connectivity index (χ1v) is 24.0. The van der Waals surface area contributed by atoms with Crippen molar-refractivity contribution in [3.05, 3.63) is 35.9 Å². The van der Waals surface area contributed by atoms with Gasteiger partial charge in [-0.1, -0.05) is 58.0 Å². The van der Waals surface area contributed by atoms with Gasteiger partial charge in [0, 0.05) is 32.8 Å². The van der Waals surface area contributed by atoms with Crippen LogP contribution in [-0.4, -0.2) is 170 Å². The second kappa shape index (κ2) is 33.1. The number of nitrogens with two attached hydrogens (primary N) is 1. The number of carbonyl (C=O) groups excluding carboxylic acids is 10. The van der Waals surface area contributed by atoms with E-state index in [0.717, 1.165) is 13.8 Å². The van der Waals surface area contributed by atoms with Crippen LogP contribution in [0.1, 0.15) is 98.5 Å². The monoisotopic (exact) mass is 1060 g/mol. The van der Waals surface area contributed by atoms with Crippen molar-refractivity contribution in [2.75, 3.05) is 13.2 Å². The van der Waals surface area contributed by atoms with Crippen molar-refractivity contribution >= 4 is 77.0 Å². The van der Waals surface area contributed by atoms with E-state index >= 15 is 0 Å².